The van der Waals surface area contributed by atoms with E-state index in [1.807, 2.05) is 0 Å². The van der Waals surface area contributed by atoms with Crippen molar-refractivity contribution in [1.82, 2.24) is 10.2 Å². The highest BCUT2D eigenvalue weighted by molar-refractivity contribution is 7.07. The fourth-order valence-electron chi connectivity index (χ4n) is 3.01. The van der Waals surface area contributed by atoms with Gasteiger partial charge in [0.2, 0.25) is 5.91 Å². The van der Waals surface area contributed by atoms with Crippen molar-refractivity contribution in [2.24, 2.45) is 0 Å². The molecule has 0 saturated carbocycles. The van der Waals surface area contributed by atoms with Crippen LogP contribution in [0, 0.1) is 0 Å². The van der Waals surface area contributed by atoms with Crippen molar-refractivity contribution >= 4 is 17.2 Å². The molecule has 1 aromatic carbocycles. The highest BCUT2D eigenvalue weighted by Gasteiger charge is 2.24. The molecule has 0 bridgehead atoms. The van der Waals surface area contributed by atoms with Gasteiger partial charge in [-0.3, -0.25) is 9.69 Å². The molecule has 3 rings (SSSR count). The molecule has 0 radical (unpaired) electrons. The zero-order chi connectivity index (χ0) is 15.2. The van der Waals surface area contributed by atoms with E-state index < -0.39 is 0 Å². The Morgan fingerprint density at radius 1 is 1.27 bits per heavy atom. The number of amides is 1. The first-order valence-corrected chi connectivity index (χ1v) is 8.80. The smallest absolute Gasteiger partial charge is 0.234 e. The lowest BCUT2D eigenvalue weighted by Crippen LogP contribution is -2.36. The summed E-state index contributed by atoms with van der Waals surface area (Å²) in [4.78, 5) is 14.3. The van der Waals surface area contributed by atoms with E-state index in [0.29, 0.717) is 12.5 Å². The molecule has 2 aromatic rings. The van der Waals surface area contributed by atoms with Crippen LogP contribution in [0.1, 0.15) is 23.5 Å². The fourth-order valence-corrected chi connectivity index (χ4v) is 3.72. The zero-order valence-electron chi connectivity index (χ0n) is 12.7. The molecule has 1 N–H and O–H groups in total. The molecule has 1 fully saturated rings. The van der Waals surface area contributed by atoms with E-state index in [0.717, 1.165) is 32.5 Å². The summed E-state index contributed by atoms with van der Waals surface area (Å²) in [6, 6.07) is 12.7. The molecule has 22 heavy (non-hydrogen) atoms. The molecule has 2 heterocycles. The Kier molecular flexibility index (Phi) is 5.24. The molecular weight excluding hydrogens is 292 g/mol. The van der Waals surface area contributed by atoms with Gasteiger partial charge in [-0.05, 0) is 53.3 Å². The maximum Gasteiger partial charge on any atom is 0.234 e. The predicted octanol–water partition coefficient (Wildman–Crippen LogP) is 2.90. The maximum absolute atomic E-state index is 12.0. The average molecular weight is 314 g/mol. The van der Waals surface area contributed by atoms with Crippen molar-refractivity contribution < 1.29 is 4.79 Å². The van der Waals surface area contributed by atoms with E-state index in [1.165, 1.54) is 11.1 Å². The molecule has 1 aromatic heterocycles. The molecule has 1 saturated heterocycles. The van der Waals surface area contributed by atoms with Crippen molar-refractivity contribution in [2.45, 2.75) is 18.8 Å². The van der Waals surface area contributed by atoms with Crippen LogP contribution in [0.5, 0.6) is 0 Å². The number of nitrogens with one attached hydrogen (secondary N) is 1. The summed E-state index contributed by atoms with van der Waals surface area (Å²) in [5.74, 6) is 0.712. The Morgan fingerprint density at radius 2 is 2.14 bits per heavy atom. The largest absolute Gasteiger partial charge is 0.355 e. The van der Waals surface area contributed by atoms with Gasteiger partial charge in [0.25, 0.3) is 0 Å². The minimum absolute atomic E-state index is 0.143. The van der Waals surface area contributed by atoms with Crippen LogP contribution in [0.2, 0.25) is 0 Å². The molecule has 0 unspecified atom stereocenters. The highest BCUT2D eigenvalue weighted by atomic mass is 32.1. The number of carbonyl (C=O) groups excluding carboxylic acids is 1. The minimum Gasteiger partial charge on any atom is -0.355 e. The van der Waals surface area contributed by atoms with Crippen LogP contribution >= 0.6 is 11.3 Å². The van der Waals surface area contributed by atoms with E-state index >= 15 is 0 Å². The Balaban J connectivity index is 1.39. The number of hydrogen-bond donors (Lipinski definition) is 1. The molecule has 4 heteroatoms. The third-order valence-corrected chi connectivity index (χ3v) is 4.96. The van der Waals surface area contributed by atoms with E-state index in [1.54, 1.807) is 11.3 Å². The van der Waals surface area contributed by atoms with Gasteiger partial charge in [-0.25, -0.2) is 0 Å². The number of rotatable bonds is 6. The number of likely N-dealkylation sites (tertiary alicyclic amines) is 1. The van der Waals surface area contributed by atoms with E-state index in [9.17, 15) is 4.79 Å². The number of hydrogen-bond acceptors (Lipinski definition) is 3. The van der Waals surface area contributed by atoms with Crippen LogP contribution in [-0.4, -0.2) is 37.0 Å². The van der Waals surface area contributed by atoms with Crippen molar-refractivity contribution in [3.05, 3.63) is 58.3 Å². The second-order valence-corrected chi connectivity index (χ2v) is 6.64. The van der Waals surface area contributed by atoms with Crippen LogP contribution < -0.4 is 5.32 Å². The van der Waals surface area contributed by atoms with E-state index in [4.69, 9.17) is 0 Å². The Labute approximate surface area is 136 Å². The van der Waals surface area contributed by atoms with Crippen LogP contribution in [0.3, 0.4) is 0 Å². The fraction of sp³-hybridized carbons (Fsp3) is 0.389. The lowest BCUT2D eigenvalue weighted by molar-refractivity contribution is -0.121. The third-order valence-electron chi connectivity index (χ3n) is 4.23. The molecule has 116 valence electrons. The van der Waals surface area contributed by atoms with Gasteiger partial charge in [-0.2, -0.15) is 11.3 Å². The SMILES string of the molecule is O=C(CN1CC[C@H](c2ccccc2)C1)NCCc1ccsc1. The molecule has 1 aliphatic rings. The standard InChI is InChI=1S/C18H22N2OS/c21-18(19-9-6-15-8-11-22-14-15)13-20-10-7-17(12-20)16-4-2-1-3-5-16/h1-5,8,11,14,17H,6-7,9-10,12-13H2,(H,19,21)/t17-/m0/s1. The highest BCUT2D eigenvalue weighted by Crippen LogP contribution is 2.26. The minimum atomic E-state index is 0.143. The van der Waals surface area contributed by atoms with Crippen molar-refractivity contribution in [2.75, 3.05) is 26.2 Å². The van der Waals surface area contributed by atoms with Gasteiger partial charge >= 0.3 is 0 Å². The van der Waals surface area contributed by atoms with Crippen molar-refractivity contribution in [1.29, 1.82) is 0 Å². The Bertz CT molecular complexity index is 582. The monoisotopic (exact) mass is 314 g/mol. The summed E-state index contributed by atoms with van der Waals surface area (Å²) in [5, 5.41) is 7.24. The first kappa shape index (κ1) is 15.3. The molecule has 0 aliphatic carbocycles. The molecule has 0 spiro atoms. The zero-order valence-corrected chi connectivity index (χ0v) is 13.5. The number of nitrogens with zero attached hydrogens (tertiary/aromatic N) is 1. The summed E-state index contributed by atoms with van der Waals surface area (Å²) in [7, 11) is 0. The lowest BCUT2D eigenvalue weighted by atomic mass is 9.99. The number of thiophene rings is 1. The van der Waals surface area contributed by atoms with Crippen LogP contribution in [0.4, 0.5) is 0 Å². The second kappa shape index (κ2) is 7.56. The summed E-state index contributed by atoms with van der Waals surface area (Å²) in [6.45, 7) is 3.25. The molecule has 1 atom stereocenters. The summed E-state index contributed by atoms with van der Waals surface area (Å²) >= 11 is 1.70. The predicted molar refractivity (Wildman–Crippen MR) is 91.3 cm³/mol. The van der Waals surface area contributed by atoms with Crippen molar-refractivity contribution in [3.8, 4) is 0 Å². The second-order valence-electron chi connectivity index (χ2n) is 5.86. The molecule has 1 amide bonds. The van der Waals surface area contributed by atoms with E-state index in [-0.39, 0.29) is 5.91 Å². The van der Waals surface area contributed by atoms with E-state index in [2.05, 4.69) is 57.4 Å². The summed E-state index contributed by atoms with van der Waals surface area (Å²) in [5.41, 5.74) is 2.69. The van der Waals surface area contributed by atoms with Crippen molar-refractivity contribution in [3.63, 3.8) is 0 Å². The summed E-state index contributed by atoms with van der Waals surface area (Å²) < 4.78 is 0. The number of carbonyl (C=O) groups is 1. The molecule has 1 aliphatic heterocycles. The lowest BCUT2D eigenvalue weighted by Gasteiger charge is -2.16. The summed E-state index contributed by atoms with van der Waals surface area (Å²) in [6.07, 6.45) is 2.06. The Hall–Kier alpha value is -1.65. The topological polar surface area (TPSA) is 32.3 Å². The van der Waals surface area contributed by atoms with Gasteiger partial charge in [0, 0.05) is 13.1 Å². The van der Waals surface area contributed by atoms with Gasteiger partial charge < -0.3 is 5.32 Å². The van der Waals surface area contributed by atoms with Crippen LogP contribution in [0.25, 0.3) is 0 Å². The van der Waals surface area contributed by atoms with Crippen LogP contribution in [-0.2, 0) is 11.2 Å². The normalized spacial score (nSPS) is 18.5. The van der Waals surface area contributed by atoms with Gasteiger partial charge in [-0.15, -0.1) is 0 Å². The first-order valence-electron chi connectivity index (χ1n) is 7.86. The van der Waals surface area contributed by atoms with Crippen LogP contribution in [0.15, 0.2) is 47.2 Å². The van der Waals surface area contributed by atoms with Gasteiger partial charge in [0.05, 0.1) is 6.54 Å². The maximum atomic E-state index is 12.0. The molecular formula is C18H22N2OS. The van der Waals surface area contributed by atoms with Gasteiger partial charge in [0.15, 0.2) is 0 Å². The molecule has 3 nitrogen and oxygen atoms in total. The Morgan fingerprint density at radius 3 is 2.91 bits per heavy atom. The van der Waals surface area contributed by atoms with Gasteiger partial charge in [0.1, 0.15) is 0 Å². The number of benzene rings is 1. The quantitative estimate of drug-likeness (QED) is 0.889. The third kappa shape index (κ3) is 4.18. The average Bonchev–Trinajstić information content (AvgIpc) is 3.20. The first-order chi connectivity index (χ1) is 10.8. The van der Waals surface area contributed by atoms with Gasteiger partial charge in [-0.1, -0.05) is 30.3 Å².